The predicted octanol–water partition coefficient (Wildman–Crippen LogP) is 3.50. The van der Waals surface area contributed by atoms with Gasteiger partial charge in [-0.3, -0.25) is 9.59 Å². The predicted molar refractivity (Wildman–Crippen MR) is 102 cm³/mol. The lowest BCUT2D eigenvalue weighted by molar-refractivity contribution is -0.126. The second-order valence-corrected chi connectivity index (χ2v) is 7.74. The van der Waals surface area contributed by atoms with Crippen LogP contribution in [0.25, 0.3) is 0 Å². The molecule has 1 aliphatic carbocycles. The Morgan fingerprint density at radius 3 is 2.73 bits per heavy atom. The van der Waals surface area contributed by atoms with E-state index in [2.05, 4.69) is 17.4 Å². The molecule has 0 fully saturated rings. The second kappa shape index (κ2) is 6.27. The Bertz CT molecular complexity index is 872. The van der Waals surface area contributed by atoms with Crippen LogP contribution in [-0.2, 0) is 21.4 Å². The summed E-state index contributed by atoms with van der Waals surface area (Å²) in [6.07, 6.45) is 3.08. The number of anilines is 1. The minimum atomic E-state index is -0.589. The third kappa shape index (κ3) is 2.70. The molecule has 2 aromatic rings. The van der Waals surface area contributed by atoms with Crippen molar-refractivity contribution >= 4 is 17.5 Å². The molecule has 0 aromatic heterocycles. The Morgan fingerprint density at radius 1 is 1.15 bits per heavy atom. The molecule has 1 atom stereocenters. The fraction of sp³-hybridized carbons (Fsp3) is 0.364. The Balaban J connectivity index is 1.52. The monoisotopic (exact) mass is 348 g/mol. The molecule has 0 saturated carbocycles. The number of nitrogens with one attached hydrogen (secondary N) is 1. The molecule has 0 saturated heterocycles. The van der Waals surface area contributed by atoms with E-state index >= 15 is 0 Å². The Morgan fingerprint density at radius 2 is 1.88 bits per heavy atom. The highest BCUT2D eigenvalue weighted by atomic mass is 16.2. The smallest absolute Gasteiger partial charge is 0.240 e. The van der Waals surface area contributed by atoms with E-state index in [4.69, 9.17) is 0 Å². The minimum absolute atomic E-state index is 0.0158. The lowest BCUT2D eigenvalue weighted by Gasteiger charge is -2.27. The first-order valence-corrected chi connectivity index (χ1v) is 9.27. The molecule has 4 heteroatoms. The molecular formula is C22H24N2O2. The number of para-hydroxylation sites is 1. The molecule has 1 aliphatic heterocycles. The lowest BCUT2D eigenvalue weighted by Crippen LogP contribution is -2.44. The largest absolute Gasteiger partial charge is 0.348 e. The van der Waals surface area contributed by atoms with Crippen molar-refractivity contribution in [2.45, 2.75) is 44.6 Å². The van der Waals surface area contributed by atoms with Gasteiger partial charge in [0.15, 0.2) is 0 Å². The fourth-order valence-corrected chi connectivity index (χ4v) is 4.24. The summed E-state index contributed by atoms with van der Waals surface area (Å²) in [5, 5.41) is 3.15. The van der Waals surface area contributed by atoms with Gasteiger partial charge in [0.2, 0.25) is 11.8 Å². The van der Waals surface area contributed by atoms with Crippen LogP contribution in [0.1, 0.15) is 49.4 Å². The number of carbonyl (C=O) groups excluding carboxylic acids is 2. The van der Waals surface area contributed by atoms with E-state index in [1.54, 1.807) is 4.90 Å². The van der Waals surface area contributed by atoms with Gasteiger partial charge in [0, 0.05) is 5.69 Å². The van der Waals surface area contributed by atoms with Crippen LogP contribution in [0, 0.1) is 0 Å². The van der Waals surface area contributed by atoms with Crippen LogP contribution in [0.5, 0.6) is 0 Å². The topological polar surface area (TPSA) is 49.4 Å². The molecule has 2 aromatic carbocycles. The summed E-state index contributed by atoms with van der Waals surface area (Å²) in [5.74, 6) is -0.120. The van der Waals surface area contributed by atoms with Gasteiger partial charge in [-0.25, -0.2) is 0 Å². The van der Waals surface area contributed by atoms with Crippen molar-refractivity contribution in [3.8, 4) is 0 Å². The van der Waals surface area contributed by atoms with Gasteiger partial charge in [-0.1, -0.05) is 42.5 Å². The van der Waals surface area contributed by atoms with Crippen molar-refractivity contribution < 1.29 is 9.59 Å². The number of nitrogens with zero attached hydrogens (tertiary/aromatic N) is 1. The fourth-order valence-electron chi connectivity index (χ4n) is 4.24. The highest BCUT2D eigenvalue weighted by Gasteiger charge is 2.44. The molecule has 2 aliphatic rings. The number of fused-ring (bicyclic) bond motifs is 2. The molecule has 134 valence electrons. The summed E-state index contributed by atoms with van der Waals surface area (Å²) in [5.41, 5.74) is 3.77. The lowest BCUT2D eigenvalue weighted by atomic mass is 9.86. The van der Waals surface area contributed by atoms with Crippen molar-refractivity contribution in [2.24, 2.45) is 0 Å². The normalized spacial score (nSPS) is 20.5. The van der Waals surface area contributed by atoms with Gasteiger partial charge in [0.25, 0.3) is 0 Å². The van der Waals surface area contributed by atoms with E-state index in [9.17, 15) is 9.59 Å². The number of hydrogen-bond donors (Lipinski definition) is 1. The van der Waals surface area contributed by atoms with E-state index in [1.165, 1.54) is 11.1 Å². The van der Waals surface area contributed by atoms with Gasteiger partial charge in [-0.15, -0.1) is 0 Å². The van der Waals surface area contributed by atoms with E-state index in [0.717, 1.165) is 30.5 Å². The maximum absolute atomic E-state index is 12.9. The number of benzene rings is 2. The molecule has 26 heavy (non-hydrogen) atoms. The highest BCUT2D eigenvalue weighted by Crippen LogP contribution is 2.41. The average Bonchev–Trinajstić information content (AvgIpc) is 2.83. The van der Waals surface area contributed by atoms with Crippen LogP contribution in [0.2, 0.25) is 0 Å². The Kier molecular flexibility index (Phi) is 4.06. The SMILES string of the molecule is CC1(C)C(=O)N(CC(=O)NC2CCCc3ccccc32)c2ccccc21. The van der Waals surface area contributed by atoms with Gasteiger partial charge in [0.05, 0.1) is 11.5 Å². The Labute approximate surface area is 154 Å². The maximum Gasteiger partial charge on any atom is 0.240 e. The molecule has 1 N–H and O–H groups in total. The molecule has 4 rings (SSSR count). The number of aryl methyl sites for hydroxylation is 1. The average molecular weight is 348 g/mol. The Hall–Kier alpha value is -2.62. The minimum Gasteiger partial charge on any atom is -0.348 e. The van der Waals surface area contributed by atoms with Crippen LogP contribution < -0.4 is 10.2 Å². The van der Waals surface area contributed by atoms with E-state index in [1.807, 2.05) is 50.2 Å². The summed E-state index contributed by atoms with van der Waals surface area (Å²) in [6.45, 7) is 3.91. The van der Waals surface area contributed by atoms with Crippen molar-refractivity contribution in [3.63, 3.8) is 0 Å². The van der Waals surface area contributed by atoms with Crippen LogP contribution in [-0.4, -0.2) is 18.4 Å². The zero-order chi connectivity index (χ0) is 18.3. The van der Waals surface area contributed by atoms with Crippen molar-refractivity contribution in [1.29, 1.82) is 0 Å². The zero-order valence-corrected chi connectivity index (χ0v) is 15.3. The first-order valence-electron chi connectivity index (χ1n) is 9.27. The van der Waals surface area contributed by atoms with Crippen molar-refractivity contribution in [3.05, 3.63) is 65.2 Å². The molecule has 1 unspecified atom stereocenters. The number of amides is 2. The van der Waals surface area contributed by atoms with E-state index in [0.29, 0.717) is 0 Å². The third-order valence-corrected chi connectivity index (χ3v) is 5.65. The van der Waals surface area contributed by atoms with Gasteiger partial charge in [-0.2, -0.15) is 0 Å². The van der Waals surface area contributed by atoms with Crippen molar-refractivity contribution in [2.75, 3.05) is 11.4 Å². The summed E-state index contributed by atoms with van der Waals surface area (Å²) >= 11 is 0. The molecule has 1 heterocycles. The van der Waals surface area contributed by atoms with Crippen molar-refractivity contribution in [1.82, 2.24) is 5.32 Å². The van der Waals surface area contributed by atoms with E-state index in [-0.39, 0.29) is 24.4 Å². The van der Waals surface area contributed by atoms with Gasteiger partial charge in [-0.05, 0) is 55.9 Å². The molecule has 4 nitrogen and oxygen atoms in total. The van der Waals surface area contributed by atoms with Gasteiger partial charge >= 0.3 is 0 Å². The van der Waals surface area contributed by atoms with Crippen LogP contribution in [0.15, 0.2) is 48.5 Å². The van der Waals surface area contributed by atoms with Crippen LogP contribution in [0.3, 0.4) is 0 Å². The van der Waals surface area contributed by atoms with Crippen LogP contribution >= 0.6 is 0 Å². The number of rotatable bonds is 3. The summed E-state index contributed by atoms with van der Waals surface area (Å²) < 4.78 is 0. The maximum atomic E-state index is 12.9. The first-order chi connectivity index (χ1) is 12.5. The summed E-state index contributed by atoms with van der Waals surface area (Å²) in [4.78, 5) is 27.2. The molecular weight excluding hydrogens is 324 g/mol. The highest BCUT2D eigenvalue weighted by molar-refractivity contribution is 6.10. The first kappa shape index (κ1) is 16.8. The standard InChI is InChI=1S/C22H24N2O2/c1-22(2)17-11-5-6-13-19(17)24(21(22)26)14-20(25)23-18-12-7-9-15-8-3-4-10-16(15)18/h3-6,8,10-11,13,18H,7,9,12,14H2,1-2H3,(H,23,25). The summed E-state index contributed by atoms with van der Waals surface area (Å²) in [6, 6.07) is 16.1. The van der Waals surface area contributed by atoms with Gasteiger partial charge < -0.3 is 10.2 Å². The van der Waals surface area contributed by atoms with Crippen LogP contribution in [0.4, 0.5) is 5.69 Å². The second-order valence-electron chi connectivity index (χ2n) is 7.74. The molecule has 0 spiro atoms. The quantitative estimate of drug-likeness (QED) is 0.923. The molecule has 0 radical (unpaired) electrons. The van der Waals surface area contributed by atoms with E-state index < -0.39 is 5.41 Å². The molecule has 2 amide bonds. The molecule has 0 bridgehead atoms. The number of hydrogen-bond acceptors (Lipinski definition) is 2. The summed E-state index contributed by atoms with van der Waals surface area (Å²) in [7, 11) is 0. The van der Waals surface area contributed by atoms with Gasteiger partial charge in [0.1, 0.15) is 6.54 Å². The number of carbonyl (C=O) groups is 2. The zero-order valence-electron chi connectivity index (χ0n) is 15.3. The third-order valence-electron chi connectivity index (χ3n) is 5.65.